The standard InChI is InChI=1S/C17H27NO4S/c1-5-21-15(19)13-11-9-7-6-8-10-12(11)23-14(13)18-16(20)22-17(2,3)4/h13-14H,5-10H2,1-4H3,(H,18,20). The van der Waals surface area contributed by atoms with Crippen molar-refractivity contribution in [3.05, 3.63) is 10.5 Å². The molecule has 2 rings (SSSR count). The average Bonchev–Trinajstić information content (AvgIpc) is 2.59. The summed E-state index contributed by atoms with van der Waals surface area (Å²) < 4.78 is 10.6. The molecule has 1 heterocycles. The van der Waals surface area contributed by atoms with E-state index in [1.807, 2.05) is 20.8 Å². The topological polar surface area (TPSA) is 64.6 Å². The molecule has 0 aromatic rings. The van der Waals surface area contributed by atoms with Crippen molar-refractivity contribution in [2.45, 2.75) is 70.8 Å². The number of hydrogen-bond donors (Lipinski definition) is 1. The molecule has 0 fully saturated rings. The monoisotopic (exact) mass is 341 g/mol. The highest BCUT2D eigenvalue weighted by molar-refractivity contribution is 8.04. The first kappa shape index (κ1) is 18.2. The van der Waals surface area contributed by atoms with Crippen molar-refractivity contribution in [1.82, 2.24) is 5.32 Å². The maximum Gasteiger partial charge on any atom is 0.408 e. The second-order valence-corrected chi connectivity index (χ2v) is 8.16. The number of thioether (sulfide) groups is 1. The van der Waals surface area contributed by atoms with Gasteiger partial charge in [-0.3, -0.25) is 4.79 Å². The Morgan fingerprint density at radius 3 is 2.57 bits per heavy atom. The molecule has 2 atom stereocenters. The molecule has 2 aliphatic rings. The second kappa shape index (κ2) is 7.60. The zero-order valence-corrected chi connectivity index (χ0v) is 15.3. The maximum absolute atomic E-state index is 12.4. The van der Waals surface area contributed by atoms with Gasteiger partial charge in [-0.25, -0.2) is 4.79 Å². The molecule has 0 aromatic carbocycles. The Labute approximate surface area is 142 Å². The second-order valence-electron chi connectivity index (χ2n) is 6.92. The molecule has 0 bridgehead atoms. The maximum atomic E-state index is 12.4. The Morgan fingerprint density at radius 2 is 1.91 bits per heavy atom. The number of nitrogens with one attached hydrogen (secondary N) is 1. The van der Waals surface area contributed by atoms with E-state index in [-0.39, 0.29) is 17.3 Å². The number of rotatable bonds is 3. The number of carbonyl (C=O) groups excluding carboxylic acids is 2. The highest BCUT2D eigenvalue weighted by atomic mass is 32.2. The number of amides is 1. The van der Waals surface area contributed by atoms with E-state index in [1.165, 1.54) is 11.3 Å². The van der Waals surface area contributed by atoms with Gasteiger partial charge in [0.2, 0.25) is 0 Å². The molecule has 23 heavy (non-hydrogen) atoms. The Bertz CT molecular complexity index is 495. The van der Waals surface area contributed by atoms with Gasteiger partial charge in [-0.15, -0.1) is 11.8 Å². The molecule has 1 aliphatic carbocycles. The van der Waals surface area contributed by atoms with Crippen molar-refractivity contribution in [1.29, 1.82) is 0 Å². The van der Waals surface area contributed by atoms with E-state index in [0.717, 1.165) is 31.3 Å². The fourth-order valence-corrected chi connectivity index (χ4v) is 4.50. The van der Waals surface area contributed by atoms with Crippen molar-refractivity contribution >= 4 is 23.8 Å². The summed E-state index contributed by atoms with van der Waals surface area (Å²) in [6.45, 7) is 7.63. The van der Waals surface area contributed by atoms with Gasteiger partial charge in [-0.05, 0) is 63.9 Å². The molecule has 0 saturated heterocycles. The van der Waals surface area contributed by atoms with Crippen molar-refractivity contribution < 1.29 is 19.1 Å². The molecular formula is C17H27NO4S. The van der Waals surface area contributed by atoms with E-state index in [0.29, 0.717) is 6.61 Å². The zero-order valence-electron chi connectivity index (χ0n) is 14.4. The summed E-state index contributed by atoms with van der Waals surface area (Å²) in [6.07, 6.45) is 4.84. The highest BCUT2D eigenvalue weighted by Crippen LogP contribution is 2.47. The van der Waals surface area contributed by atoms with E-state index in [9.17, 15) is 9.59 Å². The molecular weight excluding hydrogens is 314 g/mol. The Hall–Kier alpha value is -1.17. The fourth-order valence-electron chi connectivity index (χ4n) is 2.98. The van der Waals surface area contributed by atoms with Crippen molar-refractivity contribution in [2.24, 2.45) is 5.92 Å². The van der Waals surface area contributed by atoms with Gasteiger partial charge < -0.3 is 14.8 Å². The molecule has 1 amide bonds. The largest absolute Gasteiger partial charge is 0.465 e. The van der Waals surface area contributed by atoms with Crippen LogP contribution in [0.1, 0.15) is 59.8 Å². The number of alkyl carbamates (subject to hydrolysis) is 1. The van der Waals surface area contributed by atoms with Gasteiger partial charge in [0.25, 0.3) is 0 Å². The summed E-state index contributed by atoms with van der Waals surface area (Å²) in [7, 11) is 0. The number of allylic oxidation sites excluding steroid dienone is 1. The Kier molecular flexibility index (Phi) is 6.00. The highest BCUT2D eigenvalue weighted by Gasteiger charge is 2.42. The van der Waals surface area contributed by atoms with Crippen LogP contribution in [0.2, 0.25) is 0 Å². The van der Waals surface area contributed by atoms with Crippen molar-refractivity contribution in [3.63, 3.8) is 0 Å². The summed E-state index contributed by atoms with van der Waals surface area (Å²) in [5.41, 5.74) is 0.601. The fraction of sp³-hybridized carbons (Fsp3) is 0.765. The van der Waals surface area contributed by atoms with Crippen LogP contribution in [0, 0.1) is 5.92 Å². The lowest BCUT2D eigenvalue weighted by Crippen LogP contribution is -2.43. The molecule has 0 aromatic heterocycles. The summed E-state index contributed by atoms with van der Waals surface area (Å²) in [5, 5.41) is 2.53. The first-order valence-electron chi connectivity index (χ1n) is 8.36. The van der Waals surface area contributed by atoms with Crippen LogP contribution in [0.4, 0.5) is 4.79 Å². The molecule has 130 valence electrons. The Balaban J connectivity index is 2.12. The lowest BCUT2D eigenvalue weighted by molar-refractivity contribution is -0.146. The zero-order chi connectivity index (χ0) is 17.0. The average molecular weight is 341 g/mol. The lowest BCUT2D eigenvalue weighted by Gasteiger charge is -2.25. The molecule has 6 heteroatoms. The summed E-state index contributed by atoms with van der Waals surface area (Å²) in [5.74, 6) is -0.631. The van der Waals surface area contributed by atoms with Gasteiger partial charge in [0, 0.05) is 0 Å². The van der Waals surface area contributed by atoms with E-state index in [4.69, 9.17) is 9.47 Å². The third-order valence-electron chi connectivity index (χ3n) is 3.86. The van der Waals surface area contributed by atoms with Crippen LogP contribution >= 0.6 is 11.8 Å². The van der Waals surface area contributed by atoms with Crippen LogP contribution < -0.4 is 5.32 Å². The molecule has 1 N–H and O–H groups in total. The van der Waals surface area contributed by atoms with Crippen LogP contribution in [-0.4, -0.2) is 29.6 Å². The minimum Gasteiger partial charge on any atom is -0.465 e. The number of ether oxygens (including phenoxy) is 2. The summed E-state index contributed by atoms with van der Waals surface area (Å²) in [6, 6.07) is 0. The summed E-state index contributed by atoms with van der Waals surface area (Å²) >= 11 is 1.59. The van der Waals surface area contributed by atoms with E-state index < -0.39 is 11.7 Å². The van der Waals surface area contributed by atoms with Crippen molar-refractivity contribution in [3.8, 4) is 0 Å². The molecule has 1 aliphatic heterocycles. The Morgan fingerprint density at radius 1 is 1.22 bits per heavy atom. The van der Waals surface area contributed by atoms with Gasteiger partial charge in [0.05, 0.1) is 12.0 Å². The van der Waals surface area contributed by atoms with E-state index in [2.05, 4.69) is 5.32 Å². The lowest BCUT2D eigenvalue weighted by atomic mass is 9.95. The number of esters is 1. The minimum absolute atomic E-state index is 0.243. The quantitative estimate of drug-likeness (QED) is 0.787. The van der Waals surface area contributed by atoms with Gasteiger partial charge in [-0.2, -0.15) is 0 Å². The number of hydrogen-bond acceptors (Lipinski definition) is 5. The predicted octanol–water partition coefficient (Wildman–Crippen LogP) is 3.98. The van der Waals surface area contributed by atoms with Crippen LogP contribution in [0.15, 0.2) is 10.5 Å². The van der Waals surface area contributed by atoms with Crippen LogP contribution in [0.5, 0.6) is 0 Å². The van der Waals surface area contributed by atoms with Gasteiger partial charge in [0.15, 0.2) is 0 Å². The smallest absolute Gasteiger partial charge is 0.408 e. The molecule has 0 spiro atoms. The number of carbonyl (C=O) groups is 2. The van der Waals surface area contributed by atoms with Crippen molar-refractivity contribution in [2.75, 3.05) is 6.61 Å². The van der Waals surface area contributed by atoms with Gasteiger partial charge in [0.1, 0.15) is 11.5 Å². The minimum atomic E-state index is -0.558. The van der Waals surface area contributed by atoms with Crippen LogP contribution in [0.25, 0.3) is 0 Å². The predicted molar refractivity (Wildman–Crippen MR) is 91.0 cm³/mol. The first-order chi connectivity index (χ1) is 10.8. The van der Waals surface area contributed by atoms with Crippen LogP contribution in [-0.2, 0) is 14.3 Å². The first-order valence-corrected chi connectivity index (χ1v) is 9.24. The van der Waals surface area contributed by atoms with Crippen LogP contribution in [0.3, 0.4) is 0 Å². The van der Waals surface area contributed by atoms with Gasteiger partial charge >= 0.3 is 12.1 Å². The third-order valence-corrected chi connectivity index (χ3v) is 5.25. The molecule has 5 nitrogen and oxygen atoms in total. The van der Waals surface area contributed by atoms with Gasteiger partial charge in [-0.1, -0.05) is 6.42 Å². The third kappa shape index (κ3) is 4.90. The normalized spacial score (nSPS) is 24.7. The summed E-state index contributed by atoms with van der Waals surface area (Å²) in [4.78, 5) is 25.8. The molecule has 2 unspecified atom stereocenters. The molecule has 0 saturated carbocycles. The van der Waals surface area contributed by atoms with E-state index >= 15 is 0 Å². The SMILES string of the molecule is CCOC(=O)C1C2=C(CCCCC2)SC1NC(=O)OC(C)(C)C. The molecule has 0 radical (unpaired) electrons. The van der Waals surface area contributed by atoms with E-state index in [1.54, 1.807) is 18.7 Å².